The summed E-state index contributed by atoms with van der Waals surface area (Å²) in [5, 5.41) is 0. The van der Waals surface area contributed by atoms with Crippen molar-refractivity contribution in [3.05, 3.63) is 0 Å². The van der Waals surface area contributed by atoms with Crippen LogP contribution in [0.5, 0.6) is 0 Å². The van der Waals surface area contributed by atoms with Crippen molar-refractivity contribution in [2.24, 2.45) is 0 Å². The summed E-state index contributed by atoms with van der Waals surface area (Å²) in [4.78, 5) is 0. The molecule has 7 radical (unpaired) electrons. The van der Waals surface area contributed by atoms with E-state index in [1.54, 1.807) is 0 Å². The smallest absolute Gasteiger partial charge is 0 e. The van der Waals surface area contributed by atoms with Gasteiger partial charge in [-0.05, 0) is 0 Å². The maximum Gasteiger partial charge on any atom is 0 e. The summed E-state index contributed by atoms with van der Waals surface area (Å²) < 4.78 is 0. The van der Waals surface area contributed by atoms with Crippen molar-refractivity contribution in [2.75, 3.05) is 0 Å². The molecule has 0 aliphatic rings. The van der Waals surface area contributed by atoms with Crippen LogP contribution in [0.2, 0.25) is 0 Å². The van der Waals surface area contributed by atoms with Gasteiger partial charge in [-0.15, -0.1) is 0 Å². The second-order valence-corrected chi connectivity index (χ2v) is 0. The van der Waals surface area contributed by atoms with E-state index in [-0.39, 0.29) is 73.1 Å². The Bertz CT molecular complexity index is 8.00. The minimum atomic E-state index is 0. The number of hydrogen-bond donors (Lipinski definition) is 0. The molecule has 0 atom stereocenters. The summed E-state index contributed by atoms with van der Waals surface area (Å²) >= 11 is 0. The Morgan fingerprint density at radius 2 is 1.00 bits per heavy atom. The quantitative estimate of drug-likeness (QED) is 0.392. The second kappa shape index (κ2) is 18.6. The van der Waals surface area contributed by atoms with Crippen molar-refractivity contribution in [1.82, 2.24) is 0 Å². The van der Waals surface area contributed by atoms with Gasteiger partial charge < -0.3 is 0 Å². The maximum atomic E-state index is 0. The average Bonchev–Trinajstić information content (AvgIpc) is 0. The van der Waals surface area contributed by atoms with E-state index in [0.717, 1.165) is 0 Å². The standard InChI is InChI=1S/Al.Fe.Ga.Li. The summed E-state index contributed by atoms with van der Waals surface area (Å²) in [7, 11) is 0. The Labute approximate surface area is 72.3 Å². The second-order valence-electron chi connectivity index (χ2n) is 0. The molecular weight excluding hydrogens is 159 g/mol. The Balaban J connectivity index is 0. The van der Waals surface area contributed by atoms with Gasteiger partial charge in [0.1, 0.15) is 0 Å². The van der Waals surface area contributed by atoms with Crippen LogP contribution in [0.25, 0.3) is 0 Å². The summed E-state index contributed by atoms with van der Waals surface area (Å²) in [6, 6.07) is 0. The molecule has 4 heavy (non-hydrogen) atoms. The third-order valence-electron chi connectivity index (χ3n) is 0. The van der Waals surface area contributed by atoms with E-state index in [9.17, 15) is 0 Å². The average molecular weight is 159 g/mol. The van der Waals surface area contributed by atoms with Gasteiger partial charge in [0.25, 0.3) is 0 Å². The summed E-state index contributed by atoms with van der Waals surface area (Å²) in [5.41, 5.74) is 0. The SMILES string of the molecule is [Al].[Fe].[Ga].[Li]. The zero-order chi connectivity index (χ0) is 0. The van der Waals surface area contributed by atoms with Crippen LogP contribution in [0, 0.1) is 0 Å². The fourth-order valence-electron chi connectivity index (χ4n) is 0. The van der Waals surface area contributed by atoms with Gasteiger partial charge in [0.2, 0.25) is 0 Å². The molecule has 0 aromatic rings. The van der Waals surface area contributed by atoms with Crippen LogP contribution in [0.4, 0.5) is 0 Å². The van der Waals surface area contributed by atoms with Gasteiger partial charge in [0.15, 0.2) is 0 Å². The third kappa shape index (κ3) is 8.86. The van der Waals surface area contributed by atoms with Gasteiger partial charge in [-0.2, -0.15) is 0 Å². The third-order valence-corrected chi connectivity index (χ3v) is 0. The maximum absolute atomic E-state index is 0. The van der Waals surface area contributed by atoms with Crippen LogP contribution in [-0.4, -0.2) is 56.0 Å². The fourth-order valence-corrected chi connectivity index (χ4v) is 0. The first-order chi connectivity index (χ1) is 0. The molecule has 15 valence electrons. The Kier molecular flexibility index (Phi) is 156. The predicted octanol–water partition coefficient (Wildman–Crippen LogP) is -1.14. The molecule has 0 unspecified atom stereocenters. The number of hydrogen-bond acceptors (Lipinski definition) is 0. The topological polar surface area (TPSA) is 0 Å². The van der Waals surface area contributed by atoms with Crippen molar-refractivity contribution in [2.45, 2.75) is 0 Å². The van der Waals surface area contributed by atoms with Crippen LogP contribution in [0.1, 0.15) is 0 Å². The van der Waals surface area contributed by atoms with Gasteiger partial charge >= 0.3 is 0 Å². The Morgan fingerprint density at radius 1 is 1.00 bits per heavy atom. The van der Waals surface area contributed by atoms with Gasteiger partial charge in [-0.25, -0.2) is 0 Å². The molecule has 0 aliphatic carbocycles. The first kappa shape index (κ1) is 33.6. The largest absolute Gasteiger partial charge is 0 e. The molecule has 0 rings (SSSR count). The van der Waals surface area contributed by atoms with Crippen molar-refractivity contribution in [1.29, 1.82) is 0 Å². The molecule has 0 spiro atoms. The van der Waals surface area contributed by atoms with Crippen molar-refractivity contribution >= 4 is 56.0 Å². The van der Waals surface area contributed by atoms with Crippen LogP contribution >= 0.6 is 0 Å². The predicted molar refractivity (Wildman–Crippen MR) is 17.3 cm³/mol. The Morgan fingerprint density at radius 3 is 1.00 bits per heavy atom. The fraction of sp³-hybridized carbons (Fsp3) is 0. The molecule has 0 amide bonds. The molecule has 0 bridgehead atoms. The molecule has 0 saturated carbocycles. The minimum Gasteiger partial charge on any atom is 0 e. The summed E-state index contributed by atoms with van der Waals surface area (Å²) in [6.45, 7) is 0. The van der Waals surface area contributed by atoms with E-state index in [4.69, 9.17) is 0 Å². The molecule has 0 heterocycles. The first-order valence-electron chi connectivity index (χ1n) is 0. The van der Waals surface area contributed by atoms with Crippen molar-refractivity contribution in [3.63, 3.8) is 0 Å². The first-order valence-corrected chi connectivity index (χ1v) is 0. The zero-order valence-electron chi connectivity index (χ0n) is 2.51. The van der Waals surface area contributed by atoms with E-state index in [1.165, 1.54) is 0 Å². The van der Waals surface area contributed by atoms with Gasteiger partial charge in [-0.3, -0.25) is 0 Å². The molecule has 0 saturated heterocycles. The minimum absolute atomic E-state index is 0. The van der Waals surface area contributed by atoms with E-state index >= 15 is 0 Å². The van der Waals surface area contributed by atoms with Crippen LogP contribution < -0.4 is 0 Å². The van der Waals surface area contributed by atoms with E-state index in [0.29, 0.717) is 0 Å². The normalized spacial score (nSPS) is 0. The molecule has 0 nitrogen and oxygen atoms in total. The van der Waals surface area contributed by atoms with E-state index in [1.807, 2.05) is 0 Å². The Hall–Kier alpha value is 2.29. The summed E-state index contributed by atoms with van der Waals surface area (Å²) in [5.74, 6) is 0. The monoisotopic (exact) mass is 159 g/mol. The zero-order valence-corrected chi connectivity index (χ0v) is 7.19. The molecule has 0 aromatic carbocycles. The van der Waals surface area contributed by atoms with Gasteiger partial charge in [-0.1, -0.05) is 0 Å². The van der Waals surface area contributed by atoms with E-state index in [2.05, 4.69) is 0 Å². The van der Waals surface area contributed by atoms with Crippen LogP contribution in [-0.2, 0) is 17.1 Å². The van der Waals surface area contributed by atoms with Crippen molar-refractivity contribution < 1.29 is 17.1 Å². The molecule has 0 N–H and O–H groups in total. The van der Waals surface area contributed by atoms with Gasteiger partial charge in [0, 0.05) is 73.1 Å². The van der Waals surface area contributed by atoms with Crippen molar-refractivity contribution in [3.8, 4) is 0 Å². The molecule has 0 aliphatic heterocycles. The molecule has 0 aromatic heterocycles. The summed E-state index contributed by atoms with van der Waals surface area (Å²) in [6.07, 6.45) is 0. The molecule has 4 heteroatoms. The van der Waals surface area contributed by atoms with Gasteiger partial charge in [0.05, 0.1) is 0 Å². The van der Waals surface area contributed by atoms with E-state index < -0.39 is 0 Å². The molecular formula is AlFeGaLi. The number of rotatable bonds is 0. The van der Waals surface area contributed by atoms with Crippen LogP contribution in [0.15, 0.2) is 0 Å². The van der Waals surface area contributed by atoms with Crippen LogP contribution in [0.3, 0.4) is 0 Å². The molecule has 0 fully saturated rings.